The number of nitrogens with one attached hydrogen (secondary N) is 1. The molecule has 19 heavy (non-hydrogen) atoms. The minimum absolute atomic E-state index is 0.550. The largest absolute Gasteiger partial charge is 0.496 e. The fourth-order valence-electron chi connectivity index (χ4n) is 2.74. The average Bonchev–Trinajstić information content (AvgIpc) is 2.43. The second kappa shape index (κ2) is 6.40. The molecule has 1 aliphatic rings. The van der Waals surface area contributed by atoms with E-state index in [1.807, 2.05) is 0 Å². The summed E-state index contributed by atoms with van der Waals surface area (Å²) in [5.41, 5.74) is 2.69. The van der Waals surface area contributed by atoms with E-state index in [0.717, 1.165) is 31.8 Å². The second-order valence-corrected chi connectivity index (χ2v) is 5.45. The number of rotatable bonds is 4. The van der Waals surface area contributed by atoms with Gasteiger partial charge in [-0.2, -0.15) is 0 Å². The fourth-order valence-corrected chi connectivity index (χ4v) is 2.74. The van der Waals surface area contributed by atoms with Gasteiger partial charge < -0.3 is 10.1 Å². The van der Waals surface area contributed by atoms with Crippen LogP contribution in [0.2, 0.25) is 0 Å². The van der Waals surface area contributed by atoms with Gasteiger partial charge in [-0.15, -0.1) is 0 Å². The van der Waals surface area contributed by atoms with Gasteiger partial charge in [0.2, 0.25) is 0 Å². The highest BCUT2D eigenvalue weighted by atomic mass is 16.5. The summed E-state index contributed by atoms with van der Waals surface area (Å²) in [6.07, 6.45) is 1.07. The van der Waals surface area contributed by atoms with Gasteiger partial charge in [-0.3, -0.25) is 4.90 Å². The van der Waals surface area contributed by atoms with E-state index in [4.69, 9.17) is 4.74 Å². The molecule has 1 heterocycles. The predicted octanol–water partition coefficient (Wildman–Crippen LogP) is 2.44. The molecule has 3 nitrogen and oxygen atoms in total. The van der Waals surface area contributed by atoms with Crippen LogP contribution in [0.3, 0.4) is 0 Å². The van der Waals surface area contributed by atoms with E-state index < -0.39 is 0 Å². The lowest BCUT2D eigenvalue weighted by molar-refractivity contribution is 0.129. The summed E-state index contributed by atoms with van der Waals surface area (Å²) in [4.78, 5) is 2.54. The Morgan fingerprint density at radius 1 is 1.37 bits per heavy atom. The third kappa shape index (κ3) is 3.28. The first-order valence-corrected chi connectivity index (χ1v) is 7.29. The van der Waals surface area contributed by atoms with Gasteiger partial charge in [0.25, 0.3) is 0 Å². The van der Waals surface area contributed by atoms with Gasteiger partial charge in [0.1, 0.15) is 5.75 Å². The van der Waals surface area contributed by atoms with Crippen molar-refractivity contribution in [2.75, 3.05) is 20.2 Å². The number of methoxy groups -OCH3 is 1. The highest BCUT2D eigenvalue weighted by Gasteiger charge is 2.24. The van der Waals surface area contributed by atoms with Gasteiger partial charge in [-0.25, -0.2) is 0 Å². The van der Waals surface area contributed by atoms with Gasteiger partial charge in [0.15, 0.2) is 0 Å². The SMILES string of the molecule is CCc1ccc(OC)c(CN2CCNC(C)C2C)c1. The van der Waals surface area contributed by atoms with Gasteiger partial charge in [0.05, 0.1) is 7.11 Å². The molecule has 2 unspecified atom stereocenters. The van der Waals surface area contributed by atoms with Crippen LogP contribution in [0.4, 0.5) is 0 Å². The summed E-state index contributed by atoms with van der Waals surface area (Å²) in [6.45, 7) is 9.90. The molecule has 106 valence electrons. The summed E-state index contributed by atoms with van der Waals surface area (Å²) in [5.74, 6) is 1.01. The molecule has 2 atom stereocenters. The number of ether oxygens (including phenoxy) is 1. The maximum absolute atomic E-state index is 5.51. The Kier molecular flexibility index (Phi) is 4.83. The molecule has 1 N–H and O–H groups in total. The van der Waals surface area contributed by atoms with Crippen LogP contribution in [0.25, 0.3) is 0 Å². The molecular formula is C16H26N2O. The van der Waals surface area contributed by atoms with E-state index in [-0.39, 0.29) is 0 Å². The van der Waals surface area contributed by atoms with Gasteiger partial charge in [-0.1, -0.05) is 19.1 Å². The summed E-state index contributed by atoms with van der Waals surface area (Å²) in [5, 5.41) is 3.53. The molecule has 0 saturated carbocycles. The van der Waals surface area contributed by atoms with Crippen LogP contribution in [0.15, 0.2) is 18.2 Å². The van der Waals surface area contributed by atoms with E-state index in [0.29, 0.717) is 12.1 Å². The second-order valence-electron chi connectivity index (χ2n) is 5.45. The maximum Gasteiger partial charge on any atom is 0.123 e. The standard InChI is InChI=1S/C16H26N2O/c1-5-14-6-7-16(19-4)15(10-14)11-18-9-8-17-12(2)13(18)3/h6-7,10,12-13,17H,5,8-9,11H2,1-4H3. The van der Waals surface area contributed by atoms with Gasteiger partial charge in [-0.05, 0) is 31.9 Å². The van der Waals surface area contributed by atoms with Crippen molar-refractivity contribution < 1.29 is 4.74 Å². The molecule has 0 amide bonds. The molecule has 0 spiro atoms. The Balaban J connectivity index is 2.17. The van der Waals surface area contributed by atoms with Crippen molar-refractivity contribution in [2.45, 2.75) is 45.8 Å². The fraction of sp³-hybridized carbons (Fsp3) is 0.625. The third-order valence-electron chi connectivity index (χ3n) is 4.29. The van der Waals surface area contributed by atoms with E-state index in [1.165, 1.54) is 11.1 Å². The average molecular weight is 262 g/mol. The topological polar surface area (TPSA) is 24.5 Å². The van der Waals surface area contributed by atoms with E-state index in [1.54, 1.807) is 7.11 Å². The summed E-state index contributed by atoms with van der Waals surface area (Å²) >= 11 is 0. The first kappa shape index (κ1) is 14.4. The molecular weight excluding hydrogens is 236 g/mol. The molecule has 0 aliphatic carbocycles. The lowest BCUT2D eigenvalue weighted by Gasteiger charge is -2.38. The molecule has 2 rings (SSSR count). The van der Waals surface area contributed by atoms with Crippen molar-refractivity contribution >= 4 is 0 Å². The zero-order valence-corrected chi connectivity index (χ0v) is 12.6. The molecule has 1 aliphatic heterocycles. The number of nitrogens with zero attached hydrogens (tertiary/aromatic N) is 1. The molecule has 1 aromatic rings. The van der Waals surface area contributed by atoms with Gasteiger partial charge in [0, 0.05) is 37.3 Å². The first-order valence-electron chi connectivity index (χ1n) is 7.29. The van der Waals surface area contributed by atoms with Crippen molar-refractivity contribution in [2.24, 2.45) is 0 Å². The zero-order valence-electron chi connectivity index (χ0n) is 12.6. The van der Waals surface area contributed by atoms with Crippen LogP contribution < -0.4 is 10.1 Å². The van der Waals surface area contributed by atoms with Crippen LogP contribution >= 0.6 is 0 Å². The van der Waals surface area contributed by atoms with Gasteiger partial charge >= 0.3 is 0 Å². The number of aryl methyl sites for hydroxylation is 1. The minimum Gasteiger partial charge on any atom is -0.496 e. The molecule has 1 saturated heterocycles. The van der Waals surface area contributed by atoms with Crippen molar-refractivity contribution in [3.8, 4) is 5.75 Å². The Labute approximate surface area is 116 Å². The van der Waals surface area contributed by atoms with E-state index in [2.05, 4.69) is 49.2 Å². The van der Waals surface area contributed by atoms with Crippen LogP contribution in [-0.4, -0.2) is 37.2 Å². The molecule has 0 radical (unpaired) electrons. The Morgan fingerprint density at radius 3 is 2.84 bits per heavy atom. The van der Waals surface area contributed by atoms with Crippen LogP contribution in [0.5, 0.6) is 5.75 Å². The van der Waals surface area contributed by atoms with Crippen LogP contribution in [0, 0.1) is 0 Å². The predicted molar refractivity (Wildman–Crippen MR) is 79.7 cm³/mol. The van der Waals surface area contributed by atoms with E-state index >= 15 is 0 Å². The van der Waals surface area contributed by atoms with Crippen LogP contribution in [0.1, 0.15) is 31.9 Å². The Hall–Kier alpha value is -1.06. The summed E-state index contributed by atoms with van der Waals surface area (Å²) < 4.78 is 5.51. The lowest BCUT2D eigenvalue weighted by atomic mass is 10.0. The third-order valence-corrected chi connectivity index (χ3v) is 4.29. The number of benzene rings is 1. The van der Waals surface area contributed by atoms with Crippen molar-refractivity contribution in [1.82, 2.24) is 10.2 Å². The summed E-state index contributed by atoms with van der Waals surface area (Å²) in [6, 6.07) is 7.66. The number of hydrogen-bond donors (Lipinski definition) is 1. The number of piperazine rings is 1. The quantitative estimate of drug-likeness (QED) is 0.902. The number of hydrogen-bond acceptors (Lipinski definition) is 3. The van der Waals surface area contributed by atoms with Crippen molar-refractivity contribution in [1.29, 1.82) is 0 Å². The minimum atomic E-state index is 0.550. The smallest absolute Gasteiger partial charge is 0.123 e. The molecule has 0 aromatic heterocycles. The maximum atomic E-state index is 5.51. The first-order chi connectivity index (χ1) is 9.15. The van der Waals surface area contributed by atoms with Crippen molar-refractivity contribution in [3.63, 3.8) is 0 Å². The molecule has 1 fully saturated rings. The highest BCUT2D eigenvalue weighted by Crippen LogP contribution is 2.23. The molecule has 3 heteroatoms. The Bertz CT molecular complexity index is 419. The summed E-state index contributed by atoms with van der Waals surface area (Å²) in [7, 11) is 1.76. The normalized spacial score (nSPS) is 24.4. The zero-order chi connectivity index (χ0) is 13.8. The van der Waals surface area contributed by atoms with Crippen LogP contribution in [-0.2, 0) is 13.0 Å². The lowest BCUT2D eigenvalue weighted by Crippen LogP contribution is -2.54. The van der Waals surface area contributed by atoms with Crippen molar-refractivity contribution in [3.05, 3.63) is 29.3 Å². The highest BCUT2D eigenvalue weighted by molar-refractivity contribution is 5.37. The molecule has 0 bridgehead atoms. The van der Waals surface area contributed by atoms with E-state index in [9.17, 15) is 0 Å². The Morgan fingerprint density at radius 2 is 2.16 bits per heavy atom. The monoisotopic (exact) mass is 262 g/mol. The molecule has 1 aromatic carbocycles.